The first-order chi connectivity index (χ1) is 16.5. The molecule has 0 radical (unpaired) electrons. The van der Waals surface area contributed by atoms with E-state index in [2.05, 4.69) is 40.6 Å². The van der Waals surface area contributed by atoms with Crippen LogP contribution in [0.1, 0.15) is 54.6 Å². The average molecular weight is 459 g/mol. The number of carbonyl (C=O) groups excluding carboxylic acids is 1. The van der Waals surface area contributed by atoms with Crippen LogP contribution in [0.5, 0.6) is 11.5 Å². The van der Waals surface area contributed by atoms with Crippen LogP contribution in [0.25, 0.3) is 6.08 Å². The van der Waals surface area contributed by atoms with Crippen molar-refractivity contribution >= 4 is 18.0 Å². The second-order valence-electron chi connectivity index (χ2n) is 9.34. The van der Waals surface area contributed by atoms with E-state index in [9.17, 15) is 4.79 Å². The number of rotatable bonds is 5. The van der Waals surface area contributed by atoms with Crippen LogP contribution in [0.2, 0.25) is 0 Å². The topological polar surface area (TPSA) is 80.5 Å². The zero-order valence-electron chi connectivity index (χ0n) is 19.9. The summed E-state index contributed by atoms with van der Waals surface area (Å²) in [5.74, 6) is 2.85. The van der Waals surface area contributed by atoms with Crippen LogP contribution in [0.15, 0.2) is 52.7 Å². The highest BCUT2D eigenvalue weighted by atomic mass is 16.5. The highest BCUT2D eigenvalue weighted by molar-refractivity contribution is 5.88. The third kappa shape index (κ3) is 4.98. The number of aryl methyl sites for hydroxylation is 1. The number of benzene rings is 1. The predicted molar refractivity (Wildman–Crippen MR) is 131 cm³/mol. The van der Waals surface area contributed by atoms with Gasteiger partial charge < -0.3 is 14.2 Å². The van der Waals surface area contributed by atoms with Crippen molar-refractivity contribution in [3.05, 3.63) is 70.7 Å². The van der Waals surface area contributed by atoms with Crippen LogP contribution in [0.3, 0.4) is 0 Å². The van der Waals surface area contributed by atoms with Crippen molar-refractivity contribution in [2.75, 3.05) is 18.4 Å². The lowest BCUT2D eigenvalue weighted by Gasteiger charge is -2.33. The van der Waals surface area contributed by atoms with E-state index < -0.39 is 0 Å². The standard InChI is InChI=1S/C27H30N4O3/c1-17-16-31(27(32)29-26-18(2)19(3)30-34-26)12-11-22(17)13-20-5-4-6-23(14-20)33-24-9-10-25(28-15-24)21-7-8-21/h4-6,9-10,13-15,17,21H,7-8,11-12,16H2,1-3H3,(H,29,32)/b22-13+. The Hall–Kier alpha value is -3.61. The highest BCUT2D eigenvalue weighted by Gasteiger charge is 2.26. The van der Waals surface area contributed by atoms with E-state index >= 15 is 0 Å². The zero-order valence-corrected chi connectivity index (χ0v) is 19.9. The average Bonchev–Trinajstić information content (AvgIpc) is 3.64. The molecule has 0 spiro atoms. The Labute approximate surface area is 199 Å². The van der Waals surface area contributed by atoms with Crippen molar-refractivity contribution in [2.24, 2.45) is 5.92 Å². The minimum absolute atomic E-state index is 0.151. The maximum atomic E-state index is 12.7. The van der Waals surface area contributed by atoms with Crippen LogP contribution >= 0.6 is 0 Å². The molecule has 1 N–H and O–H groups in total. The molecule has 1 unspecified atom stereocenters. The van der Waals surface area contributed by atoms with Crippen molar-refractivity contribution in [1.29, 1.82) is 0 Å². The summed E-state index contributed by atoms with van der Waals surface area (Å²) in [6.07, 6.45) is 7.33. The van der Waals surface area contributed by atoms with E-state index in [1.165, 1.54) is 18.4 Å². The fourth-order valence-corrected chi connectivity index (χ4v) is 4.25. The minimum atomic E-state index is -0.151. The Morgan fingerprint density at radius 3 is 2.74 bits per heavy atom. The summed E-state index contributed by atoms with van der Waals surface area (Å²) in [5, 5.41) is 6.75. The molecule has 7 heteroatoms. The van der Waals surface area contributed by atoms with E-state index in [-0.39, 0.29) is 11.9 Å². The lowest BCUT2D eigenvalue weighted by atomic mass is 9.91. The highest BCUT2D eigenvalue weighted by Crippen LogP contribution is 2.39. The molecule has 0 bridgehead atoms. The SMILES string of the molecule is Cc1noc(NC(=O)N2CC/C(=C\c3cccc(Oc4ccc(C5CC5)nc4)c3)C(C)C2)c1C. The van der Waals surface area contributed by atoms with Gasteiger partial charge >= 0.3 is 6.03 Å². The summed E-state index contributed by atoms with van der Waals surface area (Å²) >= 11 is 0. The lowest BCUT2D eigenvalue weighted by molar-refractivity contribution is 0.197. The Morgan fingerprint density at radius 1 is 1.21 bits per heavy atom. The molecule has 1 atom stereocenters. The Kier molecular flexibility index (Phi) is 6.09. The lowest BCUT2D eigenvalue weighted by Crippen LogP contribution is -2.42. The van der Waals surface area contributed by atoms with Crippen LogP contribution in [-0.2, 0) is 0 Å². The molecule has 2 fully saturated rings. The third-order valence-electron chi connectivity index (χ3n) is 6.66. The molecule has 1 aliphatic carbocycles. The fraction of sp³-hybridized carbons (Fsp3) is 0.370. The number of ether oxygens (including phenoxy) is 1. The molecule has 7 nitrogen and oxygen atoms in total. The van der Waals surface area contributed by atoms with Crippen molar-refractivity contribution in [3.63, 3.8) is 0 Å². The fourth-order valence-electron chi connectivity index (χ4n) is 4.25. The second kappa shape index (κ2) is 9.33. The van der Waals surface area contributed by atoms with Crippen LogP contribution < -0.4 is 10.1 Å². The number of pyridine rings is 1. The summed E-state index contributed by atoms with van der Waals surface area (Å²) in [7, 11) is 0. The number of aromatic nitrogens is 2. The van der Waals surface area contributed by atoms with Gasteiger partial charge in [-0.25, -0.2) is 4.79 Å². The number of hydrogen-bond acceptors (Lipinski definition) is 5. The maximum Gasteiger partial charge on any atom is 0.324 e. The van der Waals surface area contributed by atoms with Crippen molar-refractivity contribution in [2.45, 2.75) is 46.0 Å². The zero-order chi connectivity index (χ0) is 23.7. The quantitative estimate of drug-likeness (QED) is 0.484. The first kappa shape index (κ1) is 22.2. The minimum Gasteiger partial charge on any atom is -0.456 e. The molecule has 1 saturated carbocycles. The van der Waals surface area contributed by atoms with Gasteiger partial charge in [-0.3, -0.25) is 10.3 Å². The van der Waals surface area contributed by atoms with Gasteiger partial charge in [0, 0.05) is 30.3 Å². The predicted octanol–water partition coefficient (Wildman–Crippen LogP) is 6.31. The number of likely N-dealkylation sites (tertiary alicyclic amines) is 1. The molecule has 2 amide bonds. The number of nitrogens with zero attached hydrogens (tertiary/aromatic N) is 3. The molecular formula is C27H30N4O3. The van der Waals surface area contributed by atoms with Gasteiger partial charge in [0.1, 0.15) is 11.5 Å². The van der Waals surface area contributed by atoms with Crippen molar-refractivity contribution in [1.82, 2.24) is 15.0 Å². The van der Waals surface area contributed by atoms with Crippen LogP contribution in [0.4, 0.5) is 10.7 Å². The molecule has 3 aromatic rings. The number of anilines is 1. The van der Waals surface area contributed by atoms with Crippen molar-refractivity contribution in [3.8, 4) is 11.5 Å². The number of carbonyl (C=O) groups is 1. The summed E-state index contributed by atoms with van der Waals surface area (Å²) in [5.41, 5.74) is 5.21. The van der Waals surface area contributed by atoms with E-state index in [0.717, 1.165) is 40.4 Å². The Morgan fingerprint density at radius 2 is 2.06 bits per heavy atom. The molecule has 34 heavy (non-hydrogen) atoms. The van der Waals surface area contributed by atoms with Crippen LogP contribution in [-0.4, -0.2) is 34.2 Å². The molecule has 2 aromatic heterocycles. The number of amides is 2. The molecule has 3 heterocycles. The third-order valence-corrected chi connectivity index (χ3v) is 6.66. The summed E-state index contributed by atoms with van der Waals surface area (Å²) < 4.78 is 11.3. The van der Waals surface area contributed by atoms with Gasteiger partial charge in [-0.05, 0) is 68.9 Å². The molecule has 2 aliphatic rings. The Balaban J connectivity index is 1.21. The number of nitrogens with one attached hydrogen (secondary N) is 1. The number of piperidine rings is 1. The Bertz CT molecular complexity index is 1210. The molecule has 1 aliphatic heterocycles. The smallest absolute Gasteiger partial charge is 0.324 e. The molecular weight excluding hydrogens is 428 g/mol. The van der Waals surface area contributed by atoms with E-state index in [1.807, 2.05) is 49.2 Å². The molecule has 176 valence electrons. The van der Waals surface area contributed by atoms with Gasteiger partial charge in [0.15, 0.2) is 0 Å². The summed E-state index contributed by atoms with van der Waals surface area (Å²) in [4.78, 5) is 19.1. The number of urea groups is 1. The van der Waals surface area contributed by atoms with Gasteiger partial charge in [0.2, 0.25) is 5.88 Å². The largest absolute Gasteiger partial charge is 0.456 e. The van der Waals surface area contributed by atoms with Crippen LogP contribution in [0, 0.1) is 19.8 Å². The monoisotopic (exact) mass is 458 g/mol. The number of hydrogen-bond donors (Lipinski definition) is 1. The van der Waals surface area contributed by atoms with Gasteiger partial charge in [-0.15, -0.1) is 0 Å². The van der Waals surface area contributed by atoms with E-state index in [1.54, 1.807) is 0 Å². The second-order valence-corrected chi connectivity index (χ2v) is 9.34. The molecule has 5 rings (SSSR count). The first-order valence-electron chi connectivity index (χ1n) is 11.9. The van der Waals surface area contributed by atoms with Gasteiger partial charge in [0.25, 0.3) is 0 Å². The van der Waals surface area contributed by atoms with E-state index in [4.69, 9.17) is 9.26 Å². The van der Waals surface area contributed by atoms with Gasteiger partial charge in [-0.2, -0.15) is 0 Å². The summed E-state index contributed by atoms with van der Waals surface area (Å²) in [6, 6.07) is 12.0. The molecule has 1 aromatic carbocycles. The van der Waals surface area contributed by atoms with Crippen molar-refractivity contribution < 1.29 is 14.1 Å². The normalized spacial score (nSPS) is 19.3. The first-order valence-corrected chi connectivity index (χ1v) is 11.9. The summed E-state index contributed by atoms with van der Waals surface area (Å²) in [6.45, 7) is 7.21. The maximum absolute atomic E-state index is 12.7. The van der Waals surface area contributed by atoms with Gasteiger partial charge in [0.05, 0.1) is 11.9 Å². The van der Waals surface area contributed by atoms with E-state index in [0.29, 0.717) is 24.9 Å². The van der Waals surface area contributed by atoms with Gasteiger partial charge in [-0.1, -0.05) is 35.9 Å². The molecule has 1 saturated heterocycles.